The number of halogens is 3. The van der Waals surface area contributed by atoms with Crippen LogP contribution in [0.25, 0.3) is 0 Å². The second-order valence-electron chi connectivity index (χ2n) is 4.35. The molecule has 0 amide bonds. The molecule has 0 aliphatic heterocycles. The molecule has 0 atom stereocenters. The van der Waals surface area contributed by atoms with Crippen molar-refractivity contribution in [3.63, 3.8) is 0 Å². The lowest BCUT2D eigenvalue weighted by atomic mass is 10.3. The summed E-state index contributed by atoms with van der Waals surface area (Å²) in [5, 5.41) is 3.17. The van der Waals surface area contributed by atoms with Crippen LogP contribution in [0.2, 0.25) is 0 Å². The second-order valence-corrected chi connectivity index (χ2v) is 4.35. The minimum absolute atomic E-state index is 0.0117. The summed E-state index contributed by atoms with van der Waals surface area (Å²) in [7, 11) is 0. The van der Waals surface area contributed by atoms with Gasteiger partial charge in [0.2, 0.25) is 5.95 Å². The number of aryl methyl sites for hydroxylation is 1. The van der Waals surface area contributed by atoms with Crippen molar-refractivity contribution in [2.24, 2.45) is 0 Å². The van der Waals surface area contributed by atoms with Gasteiger partial charge in [0.15, 0.2) is 0 Å². The van der Waals surface area contributed by atoms with Crippen molar-refractivity contribution < 1.29 is 17.9 Å². The number of imidazole rings is 1. The van der Waals surface area contributed by atoms with Gasteiger partial charge in [-0.2, -0.15) is 13.2 Å². The Bertz CT molecular complexity index is 377. The maximum absolute atomic E-state index is 11.9. The van der Waals surface area contributed by atoms with Crippen LogP contribution in [0, 0.1) is 6.92 Å². The average Bonchev–Trinajstić information content (AvgIpc) is 2.65. The first-order valence-electron chi connectivity index (χ1n) is 6.34. The van der Waals surface area contributed by atoms with Crippen LogP contribution in [-0.4, -0.2) is 35.5 Å². The summed E-state index contributed by atoms with van der Waals surface area (Å²) in [5.74, 6) is 0.682. The molecule has 110 valence electrons. The number of unbranched alkanes of at least 4 members (excludes halogenated alkanes) is 1. The summed E-state index contributed by atoms with van der Waals surface area (Å²) in [6.45, 7) is 3.89. The lowest BCUT2D eigenvalue weighted by Gasteiger charge is -2.11. The zero-order valence-corrected chi connectivity index (χ0v) is 11.3. The third kappa shape index (κ3) is 6.47. The summed E-state index contributed by atoms with van der Waals surface area (Å²) in [6, 6.07) is 0. The first-order chi connectivity index (χ1) is 8.92. The first-order valence-corrected chi connectivity index (χ1v) is 6.34. The monoisotopic (exact) mass is 279 g/mol. The molecule has 0 aromatic carbocycles. The second kappa shape index (κ2) is 7.37. The fourth-order valence-electron chi connectivity index (χ4n) is 1.59. The molecule has 0 aliphatic carbocycles. The molecule has 1 aromatic heterocycles. The van der Waals surface area contributed by atoms with Gasteiger partial charge in [0.05, 0.1) is 12.3 Å². The van der Waals surface area contributed by atoms with Crippen LogP contribution in [0.5, 0.6) is 0 Å². The lowest BCUT2D eigenvalue weighted by molar-refractivity contribution is -0.174. The maximum Gasteiger partial charge on any atom is 0.411 e. The van der Waals surface area contributed by atoms with Crippen LogP contribution in [0.4, 0.5) is 19.1 Å². The lowest BCUT2D eigenvalue weighted by Crippen LogP contribution is -2.19. The Labute approximate surface area is 111 Å². The van der Waals surface area contributed by atoms with E-state index >= 15 is 0 Å². The third-order valence-electron chi connectivity index (χ3n) is 2.45. The molecule has 0 bridgehead atoms. The number of nitrogens with zero attached hydrogens (tertiary/aromatic N) is 2. The van der Waals surface area contributed by atoms with Crippen LogP contribution >= 0.6 is 0 Å². The van der Waals surface area contributed by atoms with Crippen LogP contribution in [0.1, 0.15) is 25.5 Å². The molecule has 0 fully saturated rings. The van der Waals surface area contributed by atoms with Crippen LogP contribution in [0.3, 0.4) is 0 Å². The molecule has 0 aliphatic rings. The molecule has 1 aromatic rings. The van der Waals surface area contributed by atoms with Crippen molar-refractivity contribution in [1.82, 2.24) is 9.55 Å². The minimum atomic E-state index is -4.27. The predicted octanol–water partition coefficient (Wildman–Crippen LogP) is 2.98. The summed E-state index contributed by atoms with van der Waals surface area (Å²) in [5.41, 5.74) is 0.829. The van der Waals surface area contributed by atoms with Gasteiger partial charge in [-0.3, -0.25) is 0 Å². The van der Waals surface area contributed by atoms with Crippen molar-refractivity contribution in [2.75, 3.05) is 25.1 Å². The highest BCUT2D eigenvalue weighted by Gasteiger charge is 2.27. The molecule has 1 rings (SSSR count). The van der Waals surface area contributed by atoms with E-state index in [1.54, 1.807) is 10.8 Å². The van der Waals surface area contributed by atoms with Crippen molar-refractivity contribution in [3.8, 4) is 0 Å². The van der Waals surface area contributed by atoms with Crippen LogP contribution in [0.15, 0.2) is 6.20 Å². The Morgan fingerprint density at radius 3 is 2.79 bits per heavy atom. The molecule has 0 unspecified atom stereocenters. The standard InChI is InChI=1S/C12H20F3N3O/c1-3-4-5-16-11-17-10(2)8-18(11)6-7-19-9-12(13,14)15/h8H,3-7,9H2,1-2H3,(H,16,17). The number of nitrogens with one attached hydrogen (secondary N) is 1. The average molecular weight is 279 g/mol. The topological polar surface area (TPSA) is 39.1 Å². The van der Waals surface area contributed by atoms with Gasteiger partial charge >= 0.3 is 6.18 Å². The van der Waals surface area contributed by atoms with E-state index in [1.807, 2.05) is 6.92 Å². The molecular weight excluding hydrogens is 259 g/mol. The van der Waals surface area contributed by atoms with E-state index in [0.29, 0.717) is 12.5 Å². The van der Waals surface area contributed by atoms with Crippen molar-refractivity contribution in [3.05, 3.63) is 11.9 Å². The number of rotatable bonds is 8. The van der Waals surface area contributed by atoms with E-state index in [1.165, 1.54) is 0 Å². The van der Waals surface area contributed by atoms with E-state index in [9.17, 15) is 13.2 Å². The number of hydrogen-bond donors (Lipinski definition) is 1. The predicted molar refractivity (Wildman–Crippen MR) is 67.2 cm³/mol. The third-order valence-corrected chi connectivity index (χ3v) is 2.45. The molecule has 1 heterocycles. The Morgan fingerprint density at radius 2 is 2.16 bits per heavy atom. The van der Waals surface area contributed by atoms with Gasteiger partial charge in [-0.15, -0.1) is 0 Å². The number of ether oxygens (including phenoxy) is 1. The maximum atomic E-state index is 11.9. The van der Waals surface area contributed by atoms with E-state index in [0.717, 1.165) is 25.1 Å². The van der Waals surface area contributed by atoms with Crippen LogP contribution < -0.4 is 5.32 Å². The smallest absolute Gasteiger partial charge is 0.370 e. The Morgan fingerprint density at radius 1 is 1.42 bits per heavy atom. The molecule has 0 saturated heterocycles. The largest absolute Gasteiger partial charge is 0.411 e. The molecule has 4 nitrogen and oxygen atoms in total. The molecule has 7 heteroatoms. The van der Waals surface area contributed by atoms with Gasteiger partial charge in [0.1, 0.15) is 6.61 Å². The zero-order chi connectivity index (χ0) is 14.3. The molecule has 0 saturated carbocycles. The van der Waals surface area contributed by atoms with Gasteiger partial charge in [-0.25, -0.2) is 4.98 Å². The Kier molecular flexibility index (Phi) is 6.14. The normalized spacial score (nSPS) is 11.8. The number of hydrogen-bond acceptors (Lipinski definition) is 3. The summed E-state index contributed by atoms with van der Waals surface area (Å²) >= 11 is 0. The van der Waals surface area contributed by atoms with Gasteiger partial charge in [-0.1, -0.05) is 13.3 Å². The highest BCUT2D eigenvalue weighted by molar-refractivity contribution is 5.28. The minimum Gasteiger partial charge on any atom is -0.370 e. The van der Waals surface area contributed by atoms with Crippen LogP contribution in [-0.2, 0) is 11.3 Å². The summed E-state index contributed by atoms with van der Waals surface area (Å²) in [6.07, 6.45) is -0.379. The van der Waals surface area contributed by atoms with Crippen molar-refractivity contribution in [2.45, 2.75) is 39.4 Å². The van der Waals surface area contributed by atoms with E-state index in [4.69, 9.17) is 0 Å². The summed E-state index contributed by atoms with van der Waals surface area (Å²) < 4.78 is 42.1. The zero-order valence-electron chi connectivity index (χ0n) is 11.3. The molecule has 0 spiro atoms. The number of anilines is 1. The Balaban J connectivity index is 2.39. The van der Waals surface area contributed by atoms with E-state index < -0.39 is 12.8 Å². The molecular formula is C12H20F3N3O. The van der Waals surface area contributed by atoms with E-state index in [-0.39, 0.29) is 6.61 Å². The number of alkyl halides is 3. The SMILES string of the molecule is CCCCNc1nc(C)cn1CCOCC(F)(F)F. The van der Waals surface area contributed by atoms with Crippen molar-refractivity contribution in [1.29, 1.82) is 0 Å². The Hall–Kier alpha value is -1.24. The quantitative estimate of drug-likeness (QED) is 0.744. The highest BCUT2D eigenvalue weighted by atomic mass is 19.4. The van der Waals surface area contributed by atoms with Gasteiger partial charge in [0.25, 0.3) is 0 Å². The van der Waals surface area contributed by atoms with Gasteiger partial charge < -0.3 is 14.6 Å². The fraction of sp³-hybridized carbons (Fsp3) is 0.750. The molecule has 19 heavy (non-hydrogen) atoms. The first kappa shape index (κ1) is 15.8. The number of aromatic nitrogens is 2. The molecule has 0 radical (unpaired) electrons. The van der Waals surface area contributed by atoms with E-state index in [2.05, 4.69) is 22.0 Å². The fourth-order valence-corrected chi connectivity index (χ4v) is 1.59. The van der Waals surface area contributed by atoms with Gasteiger partial charge in [-0.05, 0) is 13.3 Å². The highest BCUT2D eigenvalue weighted by Crippen LogP contribution is 2.14. The molecule has 1 N–H and O–H groups in total. The summed E-state index contributed by atoms with van der Waals surface area (Å²) in [4.78, 5) is 4.28. The van der Waals surface area contributed by atoms with Crippen molar-refractivity contribution >= 4 is 5.95 Å². The van der Waals surface area contributed by atoms with Gasteiger partial charge in [0, 0.05) is 19.3 Å².